The summed E-state index contributed by atoms with van der Waals surface area (Å²) >= 11 is 6.38. The van der Waals surface area contributed by atoms with Gasteiger partial charge in [0.25, 0.3) is 0 Å². The van der Waals surface area contributed by atoms with E-state index in [2.05, 4.69) is 31.1 Å². The molecule has 0 saturated carbocycles. The molecule has 8 heteroatoms. The normalized spacial score (nSPS) is 18.2. The summed E-state index contributed by atoms with van der Waals surface area (Å²) < 4.78 is 15.7. The minimum Gasteiger partial charge on any atom is -0.354 e. The first kappa shape index (κ1) is 24.9. The van der Waals surface area contributed by atoms with Gasteiger partial charge in [-0.25, -0.2) is 9.37 Å². The van der Waals surface area contributed by atoms with Crippen molar-refractivity contribution < 1.29 is 4.39 Å². The standard InChI is InChI=1S/C24H30ClFN6.C2H6/c1-29-6-4-19(5-7-29)30-8-10-31(11-9-30)24-15-28-23-12-17(14-27)21(16-32(23)24)20-3-2-18(26)13-22(20)25;1-2/h2-3,12-13,15-16,19H,4-11,14,27H2,1H3;1-2H3. The van der Waals surface area contributed by atoms with Crippen molar-refractivity contribution in [3.63, 3.8) is 0 Å². The number of hydrogen-bond acceptors (Lipinski definition) is 5. The second-order valence-electron chi connectivity index (χ2n) is 8.94. The summed E-state index contributed by atoms with van der Waals surface area (Å²) in [5.41, 5.74) is 9.52. The highest BCUT2D eigenvalue weighted by atomic mass is 35.5. The van der Waals surface area contributed by atoms with Crippen molar-refractivity contribution in [3.8, 4) is 11.1 Å². The lowest BCUT2D eigenvalue weighted by Crippen LogP contribution is -2.53. The van der Waals surface area contributed by atoms with E-state index in [-0.39, 0.29) is 5.82 Å². The second-order valence-corrected chi connectivity index (χ2v) is 9.35. The highest BCUT2D eigenvalue weighted by Gasteiger charge is 2.27. The Hall–Kier alpha value is -2.19. The molecular formula is C26H36ClFN6. The van der Waals surface area contributed by atoms with Gasteiger partial charge in [-0.15, -0.1) is 0 Å². The Labute approximate surface area is 207 Å². The van der Waals surface area contributed by atoms with Crippen LogP contribution in [0.4, 0.5) is 10.2 Å². The van der Waals surface area contributed by atoms with E-state index < -0.39 is 0 Å². The summed E-state index contributed by atoms with van der Waals surface area (Å²) in [5, 5.41) is 0.382. The Morgan fingerprint density at radius 1 is 1.03 bits per heavy atom. The maximum Gasteiger partial charge on any atom is 0.138 e. The van der Waals surface area contributed by atoms with Gasteiger partial charge in [0.1, 0.15) is 17.3 Å². The molecule has 2 aromatic heterocycles. The first-order valence-corrected chi connectivity index (χ1v) is 12.7. The van der Waals surface area contributed by atoms with E-state index in [0.29, 0.717) is 17.6 Å². The third-order valence-corrected chi connectivity index (χ3v) is 7.31. The zero-order valence-corrected chi connectivity index (χ0v) is 21.2. The number of rotatable bonds is 4. The molecule has 184 valence electrons. The van der Waals surface area contributed by atoms with Crippen LogP contribution in [-0.2, 0) is 6.54 Å². The molecule has 2 fully saturated rings. The van der Waals surface area contributed by atoms with E-state index >= 15 is 0 Å². The number of likely N-dealkylation sites (tertiary alicyclic amines) is 1. The Kier molecular flexibility index (Phi) is 8.09. The maximum absolute atomic E-state index is 13.6. The van der Waals surface area contributed by atoms with E-state index in [0.717, 1.165) is 54.3 Å². The zero-order valence-electron chi connectivity index (χ0n) is 20.5. The highest BCUT2D eigenvalue weighted by molar-refractivity contribution is 6.33. The van der Waals surface area contributed by atoms with E-state index in [4.69, 9.17) is 17.3 Å². The third-order valence-electron chi connectivity index (χ3n) is 7.00. The SMILES string of the molecule is CC.CN1CCC(N2CCN(c3cnc4cc(CN)c(-c5ccc(F)cc5Cl)cn34)CC2)CC1. The summed E-state index contributed by atoms with van der Waals surface area (Å²) in [5.74, 6) is 0.728. The summed E-state index contributed by atoms with van der Waals surface area (Å²) in [6, 6.07) is 7.21. The minimum atomic E-state index is -0.347. The largest absolute Gasteiger partial charge is 0.354 e. The number of nitrogens with zero attached hydrogens (tertiary/aromatic N) is 5. The van der Waals surface area contributed by atoms with Crippen LogP contribution in [0.1, 0.15) is 32.3 Å². The summed E-state index contributed by atoms with van der Waals surface area (Å²) in [4.78, 5) is 12.1. The van der Waals surface area contributed by atoms with E-state index in [1.165, 1.54) is 38.1 Å². The number of nitrogens with two attached hydrogens (primary N) is 1. The molecule has 2 N–H and O–H groups in total. The van der Waals surface area contributed by atoms with Gasteiger partial charge in [0.2, 0.25) is 0 Å². The first-order valence-electron chi connectivity index (χ1n) is 12.4. The Morgan fingerprint density at radius 2 is 1.74 bits per heavy atom. The lowest BCUT2D eigenvalue weighted by molar-refractivity contribution is 0.115. The van der Waals surface area contributed by atoms with Crippen molar-refractivity contribution in [2.45, 2.75) is 39.3 Å². The molecule has 0 radical (unpaired) electrons. The van der Waals surface area contributed by atoms with Crippen LogP contribution in [0.25, 0.3) is 16.8 Å². The van der Waals surface area contributed by atoms with Crippen LogP contribution < -0.4 is 10.6 Å². The van der Waals surface area contributed by atoms with Gasteiger partial charge in [0.15, 0.2) is 0 Å². The fraction of sp³-hybridized carbons (Fsp3) is 0.500. The van der Waals surface area contributed by atoms with Gasteiger partial charge >= 0.3 is 0 Å². The molecule has 0 aliphatic carbocycles. The van der Waals surface area contributed by atoms with Crippen molar-refractivity contribution in [2.24, 2.45) is 5.73 Å². The van der Waals surface area contributed by atoms with Crippen molar-refractivity contribution in [3.05, 3.63) is 53.1 Å². The Morgan fingerprint density at radius 3 is 2.38 bits per heavy atom. The van der Waals surface area contributed by atoms with Gasteiger partial charge in [0.05, 0.1) is 11.2 Å². The number of fused-ring (bicyclic) bond motifs is 1. The smallest absolute Gasteiger partial charge is 0.138 e. The average molecular weight is 487 g/mol. The quantitative estimate of drug-likeness (QED) is 0.588. The lowest BCUT2D eigenvalue weighted by Gasteiger charge is -2.42. The Balaban J connectivity index is 0.00000133. The molecule has 5 rings (SSSR count). The second kappa shape index (κ2) is 11.0. The first-order chi connectivity index (χ1) is 16.5. The van der Waals surface area contributed by atoms with Crippen LogP contribution in [0, 0.1) is 5.82 Å². The molecule has 0 atom stereocenters. The number of benzene rings is 1. The van der Waals surface area contributed by atoms with Gasteiger partial charge in [-0.1, -0.05) is 25.4 Å². The van der Waals surface area contributed by atoms with Gasteiger partial charge < -0.3 is 15.5 Å². The monoisotopic (exact) mass is 486 g/mol. The van der Waals surface area contributed by atoms with Crippen LogP contribution in [0.3, 0.4) is 0 Å². The van der Waals surface area contributed by atoms with Gasteiger partial charge in [-0.2, -0.15) is 0 Å². The highest BCUT2D eigenvalue weighted by Crippen LogP contribution is 2.33. The number of pyridine rings is 1. The minimum absolute atomic E-state index is 0.347. The van der Waals surface area contributed by atoms with Crippen molar-refractivity contribution >= 4 is 23.1 Å². The molecule has 2 aliphatic heterocycles. The predicted octanol–water partition coefficient (Wildman–Crippen LogP) is 4.49. The molecule has 0 bridgehead atoms. The van der Waals surface area contributed by atoms with Crippen molar-refractivity contribution in [1.29, 1.82) is 0 Å². The Bertz CT molecular complexity index is 1100. The molecule has 34 heavy (non-hydrogen) atoms. The molecule has 4 heterocycles. The topological polar surface area (TPSA) is 53.0 Å². The molecule has 0 amide bonds. The summed E-state index contributed by atoms with van der Waals surface area (Å²) in [6.07, 6.45) is 6.50. The molecule has 2 aliphatic rings. The number of imidazole rings is 1. The predicted molar refractivity (Wildman–Crippen MR) is 139 cm³/mol. The maximum atomic E-state index is 13.6. The number of piperidine rings is 1. The van der Waals surface area contributed by atoms with Gasteiger partial charge in [0, 0.05) is 56.1 Å². The van der Waals surface area contributed by atoms with Crippen LogP contribution in [0.2, 0.25) is 5.02 Å². The van der Waals surface area contributed by atoms with Gasteiger partial charge in [-0.05, 0) is 62.8 Å². The van der Waals surface area contributed by atoms with E-state index in [1.54, 1.807) is 6.07 Å². The average Bonchev–Trinajstić information content (AvgIpc) is 3.28. The lowest BCUT2D eigenvalue weighted by atomic mass is 10.0. The number of hydrogen-bond donors (Lipinski definition) is 1. The fourth-order valence-electron chi connectivity index (χ4n) is 5.08. The summed E-state index contributed by atoms with van der Waals surface area (Å²) in [7, 11) is 2.21. The molecular weight excluding hydrogens is 451 g/mol. The fourth-order valence-corrected chi connectivity index (χ4v) is 5.35. The molecule has 6 nitrogen and oxygen atoms in total. The van der Waals surface area contributed by atoms with Crippen LogP contribution in [0.5, 0.6) is 0 Å². The summed E-state index contributed by atoms with van der Waals surface area (Å²) in [6.45, 7) is 10.8. The molecule has 0 spiro atoms. The molecule has 0 unspecified atom stereocenters. The molecule has 1 aromatic carbocycles. The van der Waals surface area contributed by atoms with Crippen molar-refractivity contribution in [2.75, 3.05) is 51.2 Å². The number of anilines is 1. The van der Waals surface area contributed by atoms with Crippen molar-refractivity contribution in [1.82, 2.24) is 19.2 Å². The van der Waals surface area contributed by atoms with Crippen LogP contribution in [0.15, 0.2) is 36.7 Å². The number of aromatic nitrogens is 2. The van der Waals surface area contributed by atoms with E-state index in [1.807, 2.05) is 32.3 Å². The number of piperazine rings is 1. The van der Waals surface area contributed by atoms with Gasteiger partial charge in [-0.3, -0.25) is 9.30 Å². The molecule has 2 saturated heterocycles. The van der Waals surface area contributed by atoms with Crippen LogP contribution >= 0.6 is 11.6 Å². The number of halogens is 2. The van der Waals surface area contributed by atoms with E-state index in [9.17, 15) is 4.39 Å². The molecule has 3 aromatic rings. The third kappa shape index (κ3) is 5.08. The van der Waals surface area contributed by atoms with Crippen LogP contribution in [-0.4, -0.2) is 71.5 Å². The zero-order chi connectivity index (χ0) is 24.2.